The predicted octanol–water partition coefficient (Wildman–Crippen LogP) is 2.97. The van der Waals surface area contributed by atoms with Crippen molar-refractivity contribution in [2.75, 3.05) is 18.9 Å². The standard InChI is InChI=1S/C15H19N3OS/c1-10-4-5-12(8-11(10)2)13-9-20-15(17-13)18-14(19)6-7-16-3/h4-5,8-9,16H,6-7H2,1-3H3,(H,17,18,19). The van der Waals surface area contributed by atoms with E-state index in [1.165, 1.54) is 22.5 Å². The number of hydrogen-bond donors (Lipinski definition) is 2. The van der Waals surface area contributed by atoms with Crippen LogP contribution in [0.5, 0.6) is 0 Å². The first kappa shape index (κ1) is 14.7. The highest BCUT2D eigenvalue weighted by Crippen LogP contribution is 2.26. The Balaban J connectivity index is 2.08. The minimum absolute atomic E-state index is 0.0136. The van der Waals surface area contributed by atoms with Crippen LogP contribution in [0.2, 0.25) is 0 Å². The zero-order valence-corrected chi connectivity index (χ0v) is 12.8. The molecule has 0 fully saturated rings. The van der Waals surface area contributed by atoms with E-state index in [0.29, 0.717) is 18.1 Å². The Hall–Kier alpha value is -1.72. The summed E-state index contributed by atoms with van der Waals surface area (Å²) in [5.74, 6) is -0.0136. The van der Waals surface area contributed by atoms with Crippen molar-refractivity contribution >= 4 is 22.4 Å². The zero-order chi connectivity index (χ0) is 14.5. The average Bonchev–Trinajstić information content (AvgIpc) is 2.88. The van der Waals surface area contributed by atoms with E-state index in [1.54, 1.807) is 0 Å². The fraction of sp³-hybridized carbons (Fsp3) is 0.333. The van der Waals surface area contributed by atoms with E-state index >= 15 is 0 Å². The quantitative estimate of drug-likeness (QED) is 0.889. The van der Waals surface area contributed by atoms with Crippen LogP contribution < -0.4 is 10.6 Å². The number of amides is 1. The third-order valence-corrected chi connectivity index (χ3v) is 3.91. The van der Waals surface area contributed by atoms with Gasteiger partial charge in [-0.25, -0.2) is 4.98 Å². The van der Waals surface area contributed by atoms with Crippen LogP contribution >= 0.6 is 11.3 Å². The lowest BCUT2D eigenvalue weighted by Crippen LogP contribution is -2.18. The van der Waals surface area contributed by atoms with Crippen molar-refractivity contribution in [1.29, 1.82) is 0 Å². The summed E-state index contributed by atoms with van der Waals surface area (Å²) in [7, 11) is 1.83. The first-order valence-electron chi connectivity index (χ1n) is 6.57. The Morgan fingerprint density at radius 3 is 2.80 bits per heavy atom. The first-order chi connectivity index (χ1) is 9.60. The Kier molecular flexibility index (Phi) is 4.87. The van der Waals surface area contributed by atoms with Gasteiger partial charge in [0.2, 0.25) is 5.91 Å². The van der Waals surface area contributed by atoms with Gasteiger partial charge in [-0.1, -0.05) is 12.1 Å². The summed E-state index contributed by atoms with van der Waals surface area (Å²) < 4.78 is 0. The molecule has 0 saturated heterocycles. The highest BCUT2D eigenvalue weighted by Gasteiger charge is 2.08. The maximum Gasteiger partial charge on any atom is 0.227 e. The van der Waals surface area contributed by atoms with Crippen molar-refractivity contribution in [3.8, 4) is 11.3 Å². The van der Waals surface area contributed by atoms with Gasteiger partial charge in [0.05, 0.1) is 5.69 Å². The number of anilines is 1. The van der Waals surface area contributed by atoms with Crippen molar-refractivity contribution in [2.45, 2.75) is 20.3 Å². The molecule has 0 unspecified atom stereocenters. The van der Waals surface area contributed by atoms with Crippen LogP contribution in [0.4, 0.5) is 5.13 Å². The third kappa shape index (κ3) is 3.65. The summed E-state index contributed by atoms with van der Waals surface area (Å²) in [6.45, 7) is 4.85. The lowest BCUT2D eigenvalue weighted by molar-refractivity contribution is -0.116. The molecule has 0 aliphatic rings. The molecule has 2 N–H and O–H groups in total. The van der Waals surface area contributed by atoms with Crippen LogP contribution in [0.3, 0.4) is 0 Å². The van der Waals surface area contributed by atoms with Gasteiger partial charge in [-0.2, -0.15) is 0 Å². The van der Waals surface area contributed by atoms with E-state index in [1.807, 2.05) is 12.4 Å². The SMILES string of the molecule is CNCCC(=O)Nc1nc(-c2ccc(C)c(C)c2)cs1. The van der Waals surface area contributed by atoms with Crippen LogP contribution in [-0.2, 0) is 4.79 Å². The van der Waals surface area contributed by atoms with Gasteiger partial charge in [0.1, 0.15) is 0 Å². The average molecular weight is 289 g/mol. The van der Waals surface area contributed by atoms with Crippen molar-refractivity contribution in [2.24, 2.45) is 0 Å². The molecule has 0 saturated carbocycles. The molecule has 5 heteroatoms. The molecule has 0 spiro atoms. The van der Waals surface area contributed by atoms with E-state index < -0.39 is 0 Å². The van der Waals surface area contributed by atoms with Crippen molar-refractivity contribution in [1.82, 2.24) is 10.3 Å². The Bertz CT molecular complexity index is 607. The summed E-state index contributed by atoms with van der Waals surface area (Å²) in [5, 5.41) is 8.39. The number of nitrogens with one attached hydrogen (secondary N) is 2. The van der Waals surface area contributed by atoms with E-state index in [2.05, 4.69) is 47.7 Å². The maximum absolute atomic E-state index is 11.6. The summed E-state index contributed by atoms with van der Waals surface area (Å²) in [6.07, 6.45) is 0.453. The second-order valence-corrected chi connectivity index (χ2v) is 5.60. The molecule has 1 amide bonds. The molecular formula is C15H19N3OS. The monoisotopic (exact) mass is 289 g/mol. The van der Waals surface area contributed by atoms with Gasteiger partial charge in [0.25, 0.3) is 0 Å². The van der Waals surface area contributed by atoms with E-state index in [0.717, 1.165) is 11.3 Å². The minimum atomic E-state index is -0.0136. The Morgan fingerprint density at radius 1 is 1.30 bits per heavy atom. The van der Waals surface area contributed by atoms with Crippen molar-refractivity contribution in [3.05, 3.63) is 34.7 Å². The maximum atomic E-state index is 11.6. The third-order valence-electron chi connectivity index (χ3n) is 3.16. The summed E-state index contributed by atoms with van der Waals surface area (Å²) in [6, 6.07) is 6.27. The lowest BCUT2D eigenvalue weighted by atomic mass is 10.1. The Labute approximate surface area is 123 Å². The lowest BCUT2D eigenvalue weighted by Gasteiger charge is -2.03. The number of carbonyl (C=O) groups excluding carboxylic acids is 1. The zero-order valence-electron chi connectivity index (χ0n) is 12.0. The second kappa shape index (κ2) is 6.63. The molecule has 0 bridgehead atoms. The minimum Gasteiger partial charge on any atom is -0.319 e. The number of thiazole rings is 1. The second-order valence-electron chi connectivity index (χ2n) is 4.74. The van der Waals surface area contributed by atoms with E-state index in [9.17, 15) is 4.79 Å². The molecule has 0 aliphatic heterocycles. The molecule has 1 heterocycles. The van der Waals surface area contributed by atoms with Gasteiger partial charge >= 0.3 is 0 Å². The molecule has 1 aromatic heterocycles. The van der Waals surface area contributed by atoms with Gasteiger partial charge in [-0.3, -0.25) is 4.79 Å². The first-order valence-corrected chi connectivity index (χ1v) is 7.45. The van der Waals surface area contributed by atoms with Crippen LogP contribution in [0.1, 0.15) is 17.5 Å². The smallest absolute Gasteiger partial charge is 0.227 e. The highest BCUT2D eigenvalue weighted by atomic mass is 32.1. The van der Waals surface area contributed by atoms with Crippen LogP contribution in [0.15, 0.2) is 23.6 Å². The van der Waals surface area contributed by atoms with Gasteiger partial charge < -0.3 is 10.6 Å². The van der Waals surface area contributed by atoms with E-state index in [4.69, 9.17) is 0 Å². The fourth-order valence-electron chi connectivity index (χ4n) is 1.78. The van der Waals surface area contributed by atoms with Crippen molar-refractivity contribution < 1.29 is 4.79 Å². The van der Waals surface area contributed by atoms with Crippen LogP contribution in [0.25, 0.3) is 11.3 Å². The summed E-state index contributed by atoms with van der Waals surface area (Å²) in [5.41, 5.74) is 4.50. The molecule has 0 aliphatic carbocycles. The molecule has 2 rings (SSSR count). The van der Waals surface area contributed by atoms with E-state index in [-0.39, 0.29) is 5.91 Å². The van der Waals surface area contributed by atoms with Gasteiger partial charge in [-0.05, 0) is 38.1 Å². The fourth-order valence-corrected chi connectivity index (χ4v) is 2.52. The molecule has 106 valence electrons. The number of benzene rings is 1. The number of aromatic nitrogens is 1. The molecule has 1 aromatic carbocycles. The number of carbonyl (C=O) groups is 1. The molecule has 0 atom stereocenters. The number of hydrogen-bond acceptors (Lipinski definition) is 4. The number of rotatable bonds is 5. The highest BCUT2D eigenvalue weighted by molar-refractivity contribution is 7.14. The normalized spacial score (nSPS) is 10.6. The Morgan fingerprint density at radius 2 is 2.10 bits per heavy atom. The van der Waals surface area contributed by atoms with Gasteiger partial charge in [0, 0.05) is 23.9 Å². The number of aryl methyl sites for hydroxylation is 2. The molecule has 20 heavy (non-hydrogen) atoms. The topological polar surface area (TPSA) is 54.0 Å². The molecular weight excluding hydrogens is 270 g/mol. The molecule has 0 radical (unpaired) electrons. The molecule has 4 nitrogen and oxygen atoms in total. The summed E-state index contributed by atoms with van der Waals surface area (Å²) >= 11 is 1.45. The van der Waals surface area contributed by atoms with Crippen molar-refractivity contribution in [3.63, 3.8) is 0 Å². The summed E-state index contributed by atoms with van der Waals surface area (Å²) in [4.78, 5) is 16.1. The number of nitrogens with zero attached hydrogens (tertiary/aromatic N) is 1. The largest absolute Gasteiger partial charge is 0.319 e. The van der Waals surface area contributed by atoms with Gasteiger partial charge in [0.15, 0.2) is 5.13 Å². The predicted molar refractivity (Wildman–Crippen MR) is 84.2 cm³/mol. The van der Waals surface area contributed by atoms with Crippen LogP contribution in [0, 0.1) is 13.8 Å². The van der Waals surface area contributed by atoms with Crippen LogP contribution in [-0.4, -0.2) is 24.5 Å². The molecule has 2 aromatic rings. The van der Waals surface area contributed by atoms with Gasteiger partial charge in [-0.15, -0.1) is 11.3 Å².